The SMILES string of the molecule is O=C(/C=C/Nc1ccc(N2CCOCC2)cc1)c1ccc(Cl)cc1Cl. The molecule has 1 heterocycles. The Hall–Kier alpha value is -2.01. The summed E-state index contributed by atoms with van der Waals surface area (Å²) in [4.78, 5) is 14.4. The summed E-state index contributed by atoms with van der Waals surface area (Å²) in [5.74, 6) is -0.181. The fourth-order valence-corrected chi connectivity index (χ4v) is 3.08. The first kappa shape index (κ1) is 17.8. The molecule has 0 amide bonds. The van der Waals surface area contributed by atoms with Crippen molar-refractivity contribution in [2.24, 2.45) is 0 Å². The summed E-state index contributed by atoms with van der Waals surface area (Å²) >= 11 is 11.9. The van der Waals surface area contributed by atoms with Crippen LogP contribution in [0.15, 0.2) is 54.7 Å². The van der Waals surface area contributed by atoms with E-state index in [9.17, 15) is 4.79 Å². The highest BCUT2D eigenvalue weighted by molar-refractivity contribution is 6.37. The van der Waals surface area contributed by atoms with E-state index in [1.807, 2.05) is 12.1 Å². The standard InChI is InChI=1S/C19H18Cl2N2O2/c20-14-1-6-17(18(21)13-14)19(24)7-8-22-15-2-4-16(5-3-15)23-9-11-25-12-10-23/h1-8,13,22H,9-12H2/b8-7+. The lowest BCUT2D eigenvalue weighted by Crippen LogP contribution is -2.36. The van der Waals surface area contributed by atoms with Crippen LogP contribution in [0.4, 0.5) is 11.4 Å². The lowest BCUT2D eigenvalue weighted by Gasteiger charge is -2.28. The van der Waals surface area contributed by atoms with Gasteiger partial charge in [-0.3, -0.25) is 4.79 Å². The molecule has 1 aliphatic heterocycles. The van der Waals surface area contributed by atoms with Gasteiger partial charge < -0.3 is 15.0 Å². The van der Waals surface area contributed by atoms with Gasteiger partial charge in [-0.15, -0.1) is 0 Å². The highest BCUT2D eigenvalue weighted by Gasteiger charge is 2.10. The van der Waals surface area contributed by atoms with Crippen molar-refractivity contribution >= 4 is 40.4 Å². The van der Waals surface area contributed by atoms with Crippen LogP contribution in [0.1, 0.15) is 10.4 Å². The Kier molecular flexibility index (Phi) is 5.97. The summed E-state index contributed by atoms with van der Waals surface area (Å²) in [7, 11) is 0. The van der Waals surface area contributed by atoms with E-state index in [1.54, 1.807) is 24.4 Å². The van der Waals surface area contributed by atoms with Gasteiger partial charge in [-0.1, -0.05) is 23.2 Å². The van der Waals surface area contributed by atoms with Crippen molar-refractivity contribution < 1.29 is 9.53 Å². The Labute approximate surface area is 157 Å². The molecule has 4 nitrogen and oxygen atoms in total. The molecule has 0 saturated carbocycles. The molecule has 0 radical (unpaired) electrons. The summed E-state index contributed by atoms with van der Waals surface area (Å²) in [6.07, 6.45) is 3.06. The van der Waals surface area contributed by atoms with Crippen molar-refractivity contribution in [2.75, 3.05) is 36.5 Å². The summed E-state index contributed by atoms with van der Waals surface area (Å²) < 4.78 is 5.36. The predicted octanol–water partition coefficient (Wildman–Crippen LogP) is 4.64. The van der Waals surface area contributed by atoms with E-state index in [2.05, 4.69) is 22.3 Å². The minimum Gasteiger partial charge on any atom is -0.378 e. The average molecular weight is 377 g/mol. The first-order chi connectivity index (χ1) is 12.1. The van der Waals surface area contributed by atoms with E-state index < -0.39 is 0 Å². The van der Waals surface area contributed by atoms with Gasteiger partial charge in [-0.2, -0.15) is 0 Å². The maximum absolute atomic E-state index is 12.2. The van der Waals surface area contributed by atoms with Crippen molar-refractivity contribution in [3.63, 3.8) is 0 Å². The van der Waals surface area contributed by atoms with E-state index in [0.29, 0.717) is 15.6 Å². The number of carbonyl (C=O) groups excluding carboxylic acids is 1. The zero-order chi connectivity index (χ0) is 17.6. The Morgan fingerprint density at radius 1 is 1.08 bits per heavy atom. The molecule has 130 valence electrons. The van der Waals surface area contributed by atoms with E-state index in [1.165, 1.54) is 11.8 Å². The number of carbonyl (C=O) groups is 1. The van der Waals surface area contributed by atoms with Crippen LogP contribution >= 0.6 is 23.2 Å². The molecule has 0 aromatic heterocycles. The smallest absolute Gasteiger partial charge is 0.188 e. The molecule has 0 atom stereocenters. The van der Waals surface area contributed by atoms with Gasteiger partial charge in [-0.25, -0.2) is 0 Å². The molecular formula is C19H18Cl2N2O2. The molecule has 1 aliphatic rings. The number of hydrogen-bond donors (Lipinski definition) is 1. The van der Waals surface area contributed by atoms with Crippen molar-refractivity contribution in [1.82, 2.24) is 0 Å². The zero-order valence-corrected chi connectivity index (χ0v) is 15.1. The Balaban J connectivity index is 1.59. The third kappa shape index (κ3) is 4.75. The van der Waals surface area contributed by atoms with Crippen LogP contribution in [-0.2, 0) is 4.74 Å². The largest absolute Gasteiger partial charge is 0.378 e. The fraction of sp³-hybridized carbons (Fsp3) is 0.211. The molecule has 2 aromatic rings. The molecule has 0 spiro atoms. The third-order valence-electron chi connectivity index (χ3n) is 3.92. The lowest BCUT2D eigenvalue weighted by molar-refractivity contribution is 0.104. The average Bonchev–Trinajstić information content (AvgIpc) is 2.63. The minimum atomic E-state index is -0.181. The number of halogens is 2. The molecular weight excluding hydrogens is 359 g/mol. The van der Waals surface area contributed by atoms with Crippen LogP contribution < -0.4 is 10.2 Å². The molecule has 6 heteroatoms. The quantitative estimate of drug-likeness (QED) is 0.609. The topological polar surface area (TPSA) is 41.6 Å². The molecule has 2 aromatic carbocycles. The zero-order valence-electron chi connectivity index (χ0n) is 13.5. The number of nitrogens with one attached hydrogen (secondary N) is 1. The third-order valence-corrected chi connectivity index (χ3v) is 4.47. The molecule has 0 unspecified atom stereocenters. The van der Waals surface area contributed by atoms with Crippen molar-refractivity contribution in [1.29, 1.82) is 0 Å². The number of anilines is 2. The van der Waals surface area contributed by atoms with E-state index in [0.717, 1.165) is 32.0 Å². The van der Waals surface area contributed by atoms with Gasteiger partial charge in [0, 0.05) is 47.3 Å². The Morgan fingerprint density at radius 2 is 1.80 bits per heavy atom. The first-order valence-corrected chi connectivity index (χ1v) is 8.74. The highest BCUT2D eigenvalue weighted by Crippen LogP contribution is 2.22. The Morgan fingerprint density at radius 3 is 2.48 bits per heavy atom. The molecule has 0 bridgehead atoms. The fourth-order valence-electron chi connectivity index (χ4n) is 2.58. The number of morpholine rings is 1. The molecule has 25 heavy (non-hydrogen) atoms. The van der Waals surface area contributed by atoms with Gasteiger partial charge in [0.05, 0.1) is 18.2 Å². The number of ketones is 1. The molecule has 3 rings (SSSR count). The number of hydrogen-bond acceptors (Lipinski definition) is 4. The molecule has 1 N–H and O–H groups in total. The predicted molar refractivity (Wildman–Crippen MR) is 103 cm³/mol. The van der Waals surface area contributed by atoms with Crippen molar-refractivity contribution in [3.05, 3.63) is 70.3 Å². The van der Waals surface area contributed by atoms with Crippen LogP contribution in [0.5, 0.6) is 0 Å². The molecule has 0 aliphatic carbocycles. The second-order valence-corrected chi connectivity index (χ2v) is 6.46. The lowest BCUT2D eigenvalue weighted by atomic mass is 10.1. The van der Waals surface area contributed by atoms with E-state index >= 15 is 0 Å². The van der Waals surface area contributed by atoms with Crippen LogP contribution in [-0.4, -0.2) is 32.1 Å². The van der Waals surface area contributed by atoms with Crippen LogP contribution in [0, 0.1) is 0 Å². The van der Waals surface area contributed by atoms with Gasteiger partial charge in [0.25, 0.3) is 0 Å². The molecule has 1 fully saturated rings. The van der Waals surface area contributed by atoms with Crippen LogP contribution in [0.2, 0.25) is 10.0 Å². The highest BCUT2D eigenvalue weighted by atomic mass is 35.5. The second-order valence-electron chi connectivity index (χ2n) is 5.61. The maximum atomic E-state index is 12.2. The normalized spacial score (nSPS) is 14.7. The second kappa shape index (κ2) is 8.39. The van der Waals surface area contributed by atoms with E-state index in [4.69, 9.17) is 27.9 Å². The van der Waals surface area contributed by atoms with Crippen molar-refractivity contribution in [3.8, 4) is 0 Å². The molecule has 1 saturated heterocycles. The van der Waals surface area contributed by atoms with Gasteiger partial charge in [0.2, 0.25) is 0 Å². The van der Waals surface area contributed by atoms with Gasteiger partial charge in [0.1, 0.15) is 0 Å². The Bertz CT molecular complexity index is 769. The summed E-state index contributed by atoms with van der Waals surface area (Å²) in [6.45, 7) is 3.34. The monoisotopic (exact) mass is 376 g/mol. The van der Waals surface area contributed by atoms with Gasteiger partial charge >= 0.3 is 0 Å². The van der Waals surface area contributed by atoms with Crippen molar-refractivity contribution in [2.45, 2.75) is 0 Å². The maximum Gasteiger partial charge on any atom is 0.188 e. The number of nitrogens with zero attached hydrogens (tertiary/aromatic N) is 1. The van der Waals surface area contributed by atoms with Crippen LogP contribution in [0.3, 0.4) is 0 Å². The summed E-state index contributed by atoms with van der Waals surface area (Å²) in [5, 5.41) is 3.94. The van der Waals surface area contributed by atoms with Gasteiger partial charge in [0.15, 0.2) is 5.78 Å². The first-order valence-electron chi connectivity index (χ1n) is 7.99. The summed E-state index contributed by atoms with van der Waals surface area (Å²) in [6, 6.07) is 12.9. The van der Waals surface area contributed by atoms with Crippen LogP contribution in [0.25, 0.3) is 0 Å². The number of ether oxygens (including phenoxy) is 1. The number of allylic oxidation sites excluding steroid dienone is 1. The van der Waals surface area contributed by atoms with Gasteiger partial charge in [-0.05, 0) is 42.5 Å². The number of benzene rings is 2. The van der Waals surface area contributed by atoms with E-state index in [-0.39, 0.29) is 5.78 Å². The number of rotatable bonds is 5. The summed E-state index contributed by atoms with van der Waals surface area (Å²) in [5.41, 5.74) is 2.50. The minimum absolute atomic E-state index is 0.181.